The lowest BCUT2D eigenvalue weighted by atomic mass is 10.1. The Bertz CT molecular complexity index is 946. The third-order valence-corrected chi connectivity index (χ3v) is 7.10. The van der Waals surface area contributed by atoms with E-state index >= 15 is 0 Å². The quantitative estimate of drug-likeness (QED) is 0.812. The lowest BCUT2D eigenvalue weighted by molar-refractivity contribution is 0.0697. The number of amides is 1. The first-order valence-corrected chi connectivity index (χ1v) is 10.8. The zero-order valence-electron chi connectivity index (χ0n) is 16.1. The zero-order chi connectivity index (χ0) is 19.6. The highest BCUT2D eigenvalue weighted by molar-refractivity contribution is 7.88. The predicted octanol–water partition coefficient (Wildman–Crippen LogP) is 2.90. The van der Waals surface area contributed by atoms with Crippen molar-refractivity contribution in [3.8, 4) is 0 Å². The maximum absolute atomic E-state index is 12.8. The van der Waals surface area contributed by atoms with Gasteiger partial charge in [0.15, 0.2) is 0 Å². The molecule has 1 saturated heterocycles. The van der Waals surface area contributed by atoms with E-state index in [0.29, 0.717) is 31.7 Å². The van der Waals surface area contributed by atoms with Crippen molar-refractivity contribution >= 4 is 15.9 Å². The van der Waals surface area contributed by atoms with Crippen molar-refractivity contribution in [3.63, 3.8) is 0 Å². The predicted molar refractivity (Wildman–Crippen MR) is 107 cm³/mol. The third-order valence-electron chi connectivity index (χ3n) is 5.27. The number of nitrogens with zero attached hydrogens (tertiary/aromatic N) is 2. The summed E-state index contributed by atoms with van der Waals surface area (Å²) in [5.74, 6) is -0.0285. The van der Waals surface area contributed by atoms with Gasteiger partial charge in [0, 0.05) is 31.7 Å². The average Bonchev–Trinajstić information content (AvgIpc) is 2.65. The minimum absolute atomic E-state index is 0.00474. The van der Waals surface area contributed by atoms with E-state index in [0.717, 1.165) is 22.3 Å². The molecule has 0 radical (unpaired) electrons. The summed E-state index contributed by atoms with van der Waals surface area (Å²) >= 11 is 0. The normalized spacial score (nSPS) is 15.7. The fraction of sp³-hybridized carbons (Fsp3) is 0.381. The highest BCUT2D eigenvalue weighted by Gasteiger charge is 2.29. The number of carbonyl (C=O) groups is 1. The first kappa shape index (κ1) is 19.6. The Labute approximate surface area is 161 Å². The van der Waals surface area contributed by atoms with Gasteiger partial charge in [-0.1, -0.05) is 30.3 Å². The summed E-state index contributed by atoms with van der Waals surface area (Å²) in [7, 11) is -3.39. The van der Waals surface area contributed by atoms with Crippen molar-refractivity contribution in [3.05, 3.63) is 70.3 Å². The van der Waals surface area contributed by atoms with Crippen LogP contribution >= 0.6 is 0 Å². The number of benzene rings is 2. The number of carbonyl (C=O) groups excluding carboxylic acids is 1. The van der Waals surface area contributed by atoms with E-state index in [1.807, 2.05) is 63.2 Å². The van der Waals surface area contributed by atoms with Crippen LogP contribution in [0.2, 0.25) is 0 Å². The molecule has 2 aromatic carbocycles. The lowest BCUT2D eigenvalue weighted by Crippen LogP contribution is -2.50. The van der Waals surface area contributed by atoms with Gasteiger partial charge in [-0.25, -0.2) is 8.42 Å². The Balaban J connectivity index is 1.65. The fourth-order valence-electron chi connectivity index (χ4n) is 3.29. The smallest absolute Gasteiger partial charge is 0.253 e. The van der Waals surface area contributed by atoms with E-state index in [-0.39, 0.29) is 11.7 Å². The van der Waals surface area contributed by atoms with E-state index in [9.17, 15) is 13.2 Å². The molecule has 1 aliphatic rings. The minimum Gasteiger partial charge on any atom is -0.336 e. The average molecular weight is 387 g/mol. The van der Waals surface area contributed by atoms with Crippen molar-refractivity contribution in [1.82, 2.24) is 9.21 Å². The van der Waals surface area contributed by atoms with Crippen LogP contribution in [0.4, 0.5) is 0 Å². The van der Waals surface area contributed by atoms with E-state index in [1.54, 1.807) is 4.90 Å². The molecule has 0 atom stereocenters. The molecule has 0 aromatic heterocycles. The first-order chi connectivity index (χ1) is 12.8. The molecule has 0 aliphatic carbocycles. The summed E-state index contributed by atoms with van der Waals surface area (Å²) in [5.41, 5.74) is 4.70. The molecule has 1 heterocycles. The Hall–Kier alpha value is -2.18. The van der Waals surface area contributed by atoms with Crippen LogP contribution in [-0.4, -0.2) is 49.7 Å². The van der Waals surface area contributed by atoms with Gasteiger partial charge in [-0.05, 0) is 55.2 Å². The third kappa shape index (κ3) is 4.39. The molecule has 0 N–H and O–H groups in total. The van der Waals surface area contributed by atoms with Crippen LogP contribution in [0.15, 0.2) is 42.5 Å². The number of hydrogen-bond donors (Lipinski definition) is 0. The number of piperazine rings is 1. The number of sulfonamides is 1. The van der Waals surface area contributed by atoms with Gasteiger partial charge in [-0.3, -0.25) is 4.79 Å². The Morgan fingerprint density at radius 1 is 0.889 bits per heavy atom. The van der Waals surface area contributed by atoms with Gasteiger partial charge < -0.3 is 4.90 Å². The number of rotatable bonds is 4. The summed E-state index contributed by atoms with van der Waals surface area (Å²) in [6, 6.07) is 13.2. The maximum Gasteiger partial charge on any atom is 0.253 e. The van der Waals surface area contributed by atoms with Crippen LogP contribution in [-0.2, 0) is 15.8 Å². The highest BCUT2D eigenvalue weighted by atomic mass is 32.2. The van der Waals surface area contributed by atoms with Gasteiger partial charge in [0.2, 0.25) is 10.0 Å². The lowest BCUT2D eigenvalue weighted by Gasteiger charge is -2.34. The summed E-state index contributed by atoms with van der Waals surface area (Å²) < 4.78 is 27.0. The molecule has 2 aromatic rings. The van der Waals surface area contributed by atoms with Crippen LogP contribution in [0.5, 0.6) is 0 Å². The first-order valence-electron chi connectivity index (χ1n) is 9.17. The minimum atomic E-state index is -3.39. The molecule has 0 unspecified atom stereocenters. The summed E-state index contributed by atoms with van der Waals surface area (Å²) in [6.07, 6.45) is 0. The van der Waals surface area contributed by atoms with Crippen LogP contribution in [0.3, 0.4) is 0 Å². The highest BCUT2D eigenvalue weighted by Crippen LogP contribution is 2.18. The molecule has 3 rings (SSSR count). The standard InChI is InChI=1S/C21H26N2O3S/c1-16-8-9-19(14-18(16)3)21(24)22-10-12-23(13-11-22)27(25,26)15-20-7-5-4-6-17(20)2/h4-9,14H,10-13,15H2,1-3H3. The van der Waals surface area contributed by atoms with Crippen LogP contribution < -0.4 is 0 Å². The largest absolute Gasteiger partial charge is 0.336 e. The Morgan fingerprint density at radius 3 is 2.19 bits per heavy atom. The molecule has 0 bridgehead atoms. The monoisotopic (exact) mass is 386 g/mol. The maximum atomic E-state index is 12.8. The van der Waals surface area contributed by atoms with E-state index in [4.69, 9.17) is 0 Å². The van der Waals surface area contributed by atoms with E-state index < -0.39 is 10.0 Å². The molecule has 0 spiro atoms. The zero-order valence-corrected chi connectivity index (χ0v) is 16.9. The Kier molecular flexibility index (Phi) is 5.67. The number of hydrogen-bond acceptors (Lipinski definition) is 3. The second kappa shape index (κ2) is 7.82. The second-order valence-electron chi connectivity index (χ2n) is 7.17. The molecule has 144 valence electrons. The van der Waals surface area contributed by atoms with Crippen LogP contribution in [0.25, 0.3) is 0 Å². The van der Waals surface area contributed by atoms with Crippen molar-refractivity contribution < 1.29 is 13.2 Å². The summed E-state index contributed by atoms with van der Waals surface area (Å²) in [4.78, 5) is 14.5. The molecule has 1 aliphatic heterocycles. The molecule has 5 nitrogen and oxygen atoms in total. The molecule has 0 saturated carbocycles. The van der Waals surface area contributed by atoms with Gasteiger partial charge in [-0.2, -0.15) is 4.31 Å². The van der Waals surface area contributed by atoms with Crippen LogP contribution in [0, 0.1) is 20.8 Å². The molecular formula is C21H26N2O3S. The van der Waals surface area contributed by atoms with Gasteiger partial charge in [-0.15, -0.1) is 0 Å². The van der Waals surface area contributed by atoms with E-state index in [2.05, 4.69) is 0 Å². The SMILES string of the molecule is Cc1ccc(C(=O)N2CCN(S(=O)(=O)Cc3ccccc3C)CC2)cc1C. The molecule has 1 fully saturated rings. The topological polar surface area (TPSA) is 57.7 Å². The van der Waals surface area contributed by atoms with Gasteiger partial charge in [0.1, 0.15) is 0 Å². The molecule has 6 heteroatoms. The number of aryl methyl sites for hydroxylation is 3. The van der Waals surface area contributed by atoms with Crippen LogP contribution in [0.1, 0.15) is 32.6 Å². The fourth-order valence-corrected chi connectivity index (χ4v) is 4.91. The van der Waals surface area contributed by atoms with Crippen molar-refractivity contribution in [2.45, 2.75) is 26.5 Å². The molecular weight excluding hydrogens is 360 g/mol. The van der Waals surface area contributed by atoms with Gasteiger partial charge in [0.05, 0.1) is 5.75 Å². The van der Waals surface area contributed by atoms with Crippen molar-refractivity contribution in [2.24, 2.45) is 0 Å². The van der Waals surface area contributed by atoms with Crippen molar-refractivity contribution in [2.75, 3.05) is 26.2 Å². The summed E-state index contributed by atoms with van der Waals surface area (Å²) in [6.45, 7) is 7.43. The van der Waals surface area contributed by atoms with Gasteiger partial charge in [0.25, 0.3) is 5.91 Å². The Morgan fingerprint density at radius 2 is 1.56 bits per heavy atom. The molecule has 1 amide bonds. The van der Waals surface area contributed by atoms with E-state index in [1.165, 1.54) is 4.31 Å². The molecule has 27 heavy (non-hydrogen) atoms. The second-order valence-corrected chi connectivity index (χ2v) is 9.14. The van der Waals surface area contributed by atoms with Gasteiger partial charge >= 0.3 is 0 Å². The summed E-state index contributed by atoms with van der Waals surface area (Å²) in [5, 5.41) is 0. The van der Waals surface area contributed by atoms with Crippen molar-refractivity contribution in [1.29, 1.82) is 0 Å².